The van der Waals surface area contributed by atoms with Gasteiger partial charge in [-0.15, -0.1) is 0 Å². The van der Waals surface area contributed by atoms with E-state index in [4.69, 9.17) is 9.47 Å². The molecule has 2 rings (SSSR count). The Bertz CT molecular complexity index is 744. The first-order chi connectivity index (χ1) is 13.4. The number of benzene rings is 1. The van der Waals surface area contributed by atoms with E-state index in [1.165, 1.54) is 10.0 Å². The molecule has 152 valence electrons. The van der Waals surface area contributed by atoms with Crippen molar-refractivity contribution < 1.29 is 19.1 Å². The average molecular weight is 388 g/mol. The number of ether oxygens (including phenoxy) is 2. The number of fused-ring (bicyclic) bond motifs is 1. The van der Waals surface area contributed by atoms with Crippen molar-refractivity contribution in [2.45, 2.75) is 39.7 Å². The van der Waals surface area contributed by atoms with Gasteiger partial charge in [-0.3, -0.25) is 9.59 Å². The Morgan fingerprint density at radius 1 is 1.25 bits per heavy atom. The Hall–Kier alpha value is -2.95. The summed E-state index contributed by atoms with van der Waals surface area (Å²) in [6.45, 7) is 7.07. The lowest BCUT2D eigenvalue weighted by atomic mass is 10.0. The van der Waals surface area contributed by atoms with Crippen LogP contribution in [0, 0.1) is 17.4 Å². The van der Waals surface area contributed by atoms with Gasteiger partial charge in [0.15, 0.2) is 17.7 Å². The van der Waals surface area contributed by atoms with Gasteiger partial charge in [-0.05, 0) is 30.5 Å². The number of nitriles is 1. The number of amides is 2. The predicted octanol–water partition coefficient (Wildman–Crippen LogP) is 2.17. The first-order valence-electron chi connectivity index (χ1n) is 9.54. The van der Waals surface area contributed by atoms with Gasteiger partial charge in [0.25, 0.3) is 11.8 Å². The van der Waals surface area contributed by atoms with E-state index >= 15 is 0 Å². The molecule has 2 amide bonds. The lowest BCUT2D eigenvalue weighted by Gasteiger charge is -2.32. The van der Waals surface area contributed by atoms with Gasteiger partial charge in [-0.25, -0.2) is 10.0 Å². The van der Waals surface area contributed by atoms with Gasteiger partial charge in [0.2, 0.25) is 0 Å². The molecule has 0 spiro atoms. The number of likely N-dealkylation sites (N-methyl/N-ethyl adjacent to an activating group) is 1. The molecule has 1 atom stereocenters. The van der Waals surface area contributed by atoms with Crippen molar-refractivity contribution >= 4 is 11.8 Å². The third-order valence-corrected chi connectivity index (χ3v) is 4.54. The quantitative estimate of drug-likeness (QED) is 0.417. The zero-order valence-corrected chi connectivity index (χ0v) is 16.9. The SMILES string of the molecule is CCCCN(C#N)N(C)C(=O)[C@@H](NC(=O)c1ccc2c(c1)OCCO2)C(C)C. The number of hydrogen-bond donors (Lipinski definition) is 1. The van der Waals surface area contributed by atoms with Crippen LogP contribution in [0.5, 0.6) is 11.5 Å². The zero-order chi connectivity index (χ0) is 20.7. The largest absolute Gasteiger partial charge is 0.486 e. The summed E-state index contributed by atoms with van der Waals surface area (Å²) in [6.07, 6.45) is 3.73. The van der Waals surface area contributed by atoms with Crippen LogP contribution in [0.1, 0.15) is 44.0 Å². The third kappa shape index (κ3) is 5.06. The minimum atomic E-state index is -0.761. The fourth-order valence-corrected chi connectivity index (χ4v) is 2.82. The normalized spacial score (nSPS) is 13.4. The standard InChI is InChI=1S/C20H28N4O4/c1-5-6-9-24(13-21)23(4)20(26)18(14(2)3)22-19(25)15-7-8-16-17(12-15)28-11-10-27-16/h7-8,12,14,18H,5-6,9-11H2,1-4H3,(H,22,25)/t18-/m0/s1. The fourth-order valence-electron chi connectivity index (χ4n) is 2.82. The molecule has 0 aliphatic carbocycles. The number of hydrazine groups is 1. The van der Waals surface area contributed by atoms with Crippen LogP contribution < -0.4 is 14.8 Å². The smallest absolute Gasteiger partial charge is 0.264 e. The molecular formula is C20H28N4O4. The number of unbranched alkanes of at least 4 members (excludes halogenated alkanes) is 1. The van der Waals surface area contributed by atoms with Crippen molar-refractivity contribution in [3.05, 3.63) is 23.8 Å². The number of carbonyl (C=O) groups is 2. The molecule has 0 fully saturated rings. The zero-order valence-electron chi connectivity index (χ0n) is 16.9. The van der Waals surface area contributed by atoms with Crippen LogP contribution >= 0.6 is 0 Å². The third-order valence-electron chi connectivity index (χ3n) is 4.54. The van der Waals surface area contributed by atoms with E-state index in [0.717, 1.165) is 12.8 Å². The number of carbonyl (C=O) groups excluding carboxylic acids is 2. The molecule has 0 saturated carbocycles. The topological polar surface area (TPSA) is 94.9 Å². The van der Waals surface area contributed by atoms with Crippen LogP contribution in [0.15, 0.2) is 18.2 Å². The monoisotopic (exact) mass is 388 g/mol. The highest BCUT2D eigenvalue weighted by molar-refractivity contribution is 5.98. The molecule has 1 aromatic carbocycles. The highest BCUT2D eigenvalue weighted by atomic mass is 16.6. The van der Waals surface area contributed by atoms with Crippen molar-refractivity contribution in [1.82, 2.24) is 15.3 Å². The van der Waals surface area contributed by atoms with Crippen molar-refractivity contribution in [1.29, 1.82) is 5.26 Å². The summed E-state index contributed by atoms with van der Waals surface area (Å²) in [5.41, 5.74) is 0.383. The van der Waals surface area contributed by atoms with E-state index in [2.05, 4.69) is 5.32 Å². The van der Waals surface area contributed by atoms with E-state index in [1.54, 1.807) is 25.2 Å². The fraction of sp³-hybridized carbons (Fsp3) is 0.550. The summed E-state index contributed by atoms with van der Waals surface area (Å²) < 4.78 is 11.0. The highest BCUT2D eigenvalue weighted by Gasteiger charge is 2.30. The molecule has 0 unspecified atom stereocenters. The molecule has 0 radical (unpaired) electrons. The molecule has 1 aromatic rings. The summed E-state index contributed by atoms with van der Waals surface area (Å²) in [4.78, 5) is 25.6. The molecule has 1 aliphatic heterocycles. The average Bonchev–Trinajstić information content (AvgIpc) is 2.71. The summed E-state index contributed by atoms with van der Waals surface area (Å²) >= 11 is 0. The van der Waals surface area contributed by atoms with E-state index in [0.29, 0.717) is 36.8 Å². The Labute approximate surface area is 166 Å². The number of nitrogens with zero attached hydrogens (tertiary/aromatic N) is 3. The van der Waals surface area contributed by atoms with Crippen molar-refractivity contribution in [3.63, 3.8) is 0 Å². The second-order valence-electron chi connectivity index (χ2n) is 6.99. The lowest BCUT2D eigenvalue weighted by Crippen LogP contribution is -2.54. The molecular weight excluding hydrogens is 360 g/mol. The molecule has 0 bridgehead atoms. The van der Waals surface area contributed by atoms with E-state index in [1.807, 2.05) is 27.0 Å². The summed E-state index contributed by atoms with van der Waals surface area (Å²) in [6, 6.07) is 4.17. The molecule has 0 saturated heterocycles. The summed E-state index contributed by atoms with van der Waals surface area (Å²) in [5, 5.41) is 14.7. The van der Waals surface area contributed by atoms with Crippen LogP contribution in [0.3, 0.4) is 0 Å². The first kappa shape index (κ1) is 21.4. The Kier molecular flexibility index (Phi) is 7.50. The van der Waals surface area contributed by atoms with Crippen molar-refractivity contribution in [2.75, 3.05) is 26.8 Å². The van der Waals surface area contributed by atoms with E-state index < -0.39 is 6.04 Å². The Balaban J connectivity index is 2.12. The minimum Gasteiger partial charge on any atom is -0.486 e. The summed E-state index contributed by atoms with van der Waals surface area (Å²) in [5.74, 6) is 0.245. The molecule has 1 N–H and O–H groups in total. The highest BCUT2D eigenvalue weighted by Crippen LogP contribution is 2.30. The van der Waals surface area contributed by atoms with E-state index in [-0.39, 0.29) is 17.7 Å². The molecule has 1 heterocycles. The predicted molar refractivity (Wildman–Crippen MR) is 104 cm³/mol. The Morgan fingerprint density at radius 3 is 2.54 bits per heavy atom. The molecule has 0 aromatic heterocycles. The first-order valence-corrected chi connectivity index (χ1v) is 9.54. The van der Waals surface area contributed by atoms with Crippen LogP contribution in [0.25, 0.3) is 0 Å². The van der Waals surface area contributed by atoms with Crippen LogP contribution in [-0.4, -0.2) is 54.7 Å². The molecule has 28 heavy (non-hydrogen) atoms. The van der Waals surface area contributed by atoms with Gasteiger partial charge in [0.05, 0.1) is 6.54 Å². The van der Waals surface area contributed by atoms with Gasteiger partial charge in [0, 0.05) is 12.6 Å². The number of rotatable bonds is 8. The van der Waals surface area contributed by atoms with Crippen LogP contribution in [-0.2, 0) is 4.79 Å². The second-order valence-corrected chi connectivity index (χ2v) is 6.99. The molecule has 1 aliphatic rings. The van der Waals surface area contributed by atoms with Gasteiger partial charge in [0.1, 0.15) is 19.3 Å². The lowest BCUT2D eigenvalue weighted by molar-refractivity contribution is -0.144. The van der Waals surface area contributed by atoms with Gasteiger partial charge in [-0.1, -0.05) is 27.2 Å². The van der Waals surface area contributed by atoms with Gasteiger partial charge >= 0.3 is 0 Å². The van der Waals surface area contributed by atoms with Gasteiger partial charge < -0.3 is 14.8 Å². The van der Waals surface area contributed by atoms with Gasteiger partial charge in [-0.2, -0.15) is 5.26 Å². The maximum Gasteiger partial charge on any atom is 0.264 e. The minimum absolute atomic E-state index is 0.150. The second kappa shape index (κ2) is 9.83. The maximum absolute atomic E-state index is 12.9. The molecule has 8 nitrogen and oxygen atoms in total. The molecule has 8 heteroatoms. The Morgan fingerprint density at radius 2 is 1.93 bits per heavy atom. The summed E-state index contributed by atoms with van der Waals surface area (Å²) in [7, 11) is 1.55. The number of nitrogens with one attached hydrogen (secondary N) is 1. The van der Waals surface area contributed by atoms with Crippen LogP contribution in [0.4, 0.5) is 0 Å². The number of hydrogen-bond acceptors (Lipinski definition) is 6. The maximum atomic E-state index is 12.9. The van der Waals surface area contributed by atoms with Crippen molar-refractivity contribution in [3.8, 4) is 17.7 Å². The van der Waals surface area contributed by atoms with Crippen LogP contribution in [0.2, 0.25) is 0 Å². The van der Waals surface area contributed by atoms with Crippen molar-refractivity contribution in [2.24, 2.45) is 5.92 Å². The van der Waals surface area contributed by atoms with E-state index in [9.17, 15) is 14.9 Å².